The van der Waals surface area contributed by atoms with Gasteiger partial charge in [-0.05, 0) is 49.9 Å². The first-order valence-electron chi connectivity index (χ1n) is 16.7. The topological polar surface area (TPSA) is 145 Å². The first-order chi connectivity index (χ1) is 20.5. The summed E-state index contributed by atoms with van der Waals surface area (Å²) in [4.78, 5) is 23.8. The highest BCUT2D eigenvalue weighted by atomic mass is 19.1. The average Bonchev–Trinajstić information content (AvgIpc) is 3.72. The fourth-order valence-electron chi connectivity index (χ4n) is 7.87. The number of ether oxygens (including phenoxy) is 1. The Balaban J connectivity index is 1.32. The van der Waals surface area contributed by atoms with Crippen molar-refractivity contribution >= 4 is 12.1 Å². The van der Waals surface area contributed by atoms with E-state index in [2.05, 4.69) is 47.3 Å². The number of piperazine rings is 1. The molecule has 242 valence electrons. The Kier molecular flexibility index (Phi) is 10.5. The van der Waals surface area contributed by atoms with Crippen LogP contribution in [0.15, 0.2) is 4.99 Å². The number of hydrogen-bond acceptors (Lipinski definition) is 9. The van der Waals surface area contributed by atoms with E-state index in [-0.39, 0.29) is 29.2 Å². The van der Waals surface area contributed by atoms with Crippen LogP contribution in [0.1, 0.15) is 65.7 Å². The van der Waals surface area contributed by atoms with Crippen molar-refractivity contribution in [3.8, 4) is 6.07 Å². The molecule has 5 rings (SSSR count). The van der Waals surface area contributed by atoms with Crippen molar-refractivity contribution in [3.63, 3.8) is 0 Å². The number of carbonyl (C=O) groups is 1. The molecule has 10 nitrogen and oxygen atoms in total. The van der Waals surface area contributed by atoms with E-state index in [0.717, 1.165) is 77.9 Å². The normalized spacial score (nSPS) is 36.4. The molecule has 0 spiro atoms. The fourth-order valence-corrected chi connectivity index (χ4v) is 7.87. The van der Waals surface area contributed by atoms with E-state index in [1.807, 2.05) is 6.21 Å². The zero-order valence-electron chi connectivity index (χ0n) is 26.5. The lowest BCUT2D eigenvalue weighted by Crippen LogP contribution is -2.69. The van der Waals surface area contributed by atoms with Gasteiger partial charge in [0.2, 0.25) is 5.91 Å². The third-order valence-electron chi connectivity index (χ3n) is 11.1. The van der Waals surface area contributed by atoms with E-state index >= 15 is 4.39 Å². The Bertz CT molecular complexity index is 1020. The van der Waals surface area contributed by atoms with Gasteiger partial charge in [-0.25, -0.2) is 4.39 Å². The molecule has 0 aromatic heterocycles. The van der Waals surface area contributed by atoms with Crippen molar-refractivity contribution in [2.45, 2.75) is 102 Å². The minimum absolute atomic E-state index is 0.0476. The smallest absolute Gasteiger partial charge is 0.228 e. The van der Waals surface area contributed by atoms with Crippen molar-refractivity contribution < 1.29 is 13.9 Å². The molecule has 11 heteroatoms. The van der Waals surface area contributed by atoms with Crippen LogP contribution in [0.5, 0.6) is 0 Å². The van der Waals surface area contributed by atoms with Crippen LogP contribution in [0.3, 0.4) is 0 Å². The first-order valence-corrected chi connectivity index (χ1v) is 16.7. The van der Waals surface area contributed by atoms with Crippen LogP contribution >= 0.6 is 0 Å². The molecule has 3 saturated heterocycles. The monoisotopic (exact) mass is 602 g/mol. The van der Waals surface area contributed by atoms with Gasteiger partial charge in [0.05, 0.1) is 60.9 Å². The maximum Gasteiger partial charge on any atom is 0.228 e. The summed E-state index contributed by atoms with van der Waals surface area (Å²) >= 11 is 0. The van der Waals surface area contributed by atoms with Gasteiger partial charge in [0, 0.05) is 51.4 Å². The second kappa shape index (κ2) is 13.8. The third-order valence-corrected chi connectivity index (χ3v) is 11.1. The van der Waals surface area contributed by atoms with Crippen molar-refractivity contribution in [2.75, 3.05) is 52.5 Å². The second-order valence-electron chi connectivity index (χ2n) is 14.9. The Hall–Kier alpha value is -1.68. The molecular weight excluding hydrogens is 547 g/mol. The fraction of sp³-hybridized carbons (Fsp3) is 0.906. The molecule has 5 aliphatic rings. The number of aliphatic imine (C=N–C) groups is 1. The standard InChI is InChI=1S/C32H55FN8O2/c1-21(2)4-6-31(3)7-5-22(32(20-34)8-9-32)15-38-25(14-31)27(29(35)36)30(42)39-26-17-37-16-24(33)28(26)41-12-10-40(11-13-41)23-18-43-19-23/h15,21-29,37H,4-14,16-19,35-36H2,1-3H3,(H,39,42). The van der Waals surface area contributed by atoms with Gasteiger partial charge in [0.1, 0.15) is 6.17 Å². The number of nitrogens with two attached hydrogens (primary N) is 2. The highest BCUT2D eigenvalue weighted by Gasteiger charge is 2.51. The van der Waals surface area contributed by atoms with Gasteiger partial charge in [0.25, 0.3) is 0 Å². The molecule has 1 saturated carbocycles. The summed E-state index contributed by atoms with van der Waals surface area (Å²) in [5.74, 6) is -0.362. The summed E-state index contributed by atoms with van der Waals surface area (Å²) in [5.41, 5.74) is 12.4. The van der Waals surface area contributed by atoms with Crippen molar-refractivity contribution in [3.05, 3.63) is 0 Å². The molecule has 7 atom stereocenters. The number of carbonyl (C=O) groups excluding carboxylic acids is 1. The number of hydrogen-bond donors (Lipinski definition) is 4. The summed E-state index contributed by atoms with van der Waals surface area (Å²) < 4.78 is 20.9. The Morgan fingerprint density at radius 3 is 2.47 bits per heavy atom. The van der Waals surface area contributed by atoms with E-state index < -0.39 is 36.4 Å². The van der Waals surface area contributed by atoms with Crippen LogP contribution in [0, 0.1) is 39.9 Å². The highest BCUT2D eigenvalue weighted by molar-refractivity contribution is 5.81. The van der Waals surface area contributed by atoms with Crippen LogP contribution in [0.4, 0.5) is 4.39 Å². The lowest BCUT2D eigenvalue weighted by molar-refractivity contribution is -0.128. The molecule has 1 amide bonds. The number of nitriles is 1. The molecule has 0 bridgehead atoms. The van der Waals surface area contributed by atoms with Crippen LogP contribution in [-0.4, -0.2) is 111 Å². The SMILES string of the molecule is CC(C)CCC1(C)CCC(C2(C#N)CC2)C=NC(C(C(=O)NC2CNCC(F)C2N2CCN(C3COC3)CC2)C(N)N)C1. The predicted molar refractivity (Wildman–Crippen MR) is 166 cm³/mol. The summed E-state index contributed by atoms with van der Waals surface area (Å²) in [6, 6.07) is 1.82. The maximum absolute atomic E-state index is 15.5. The van der Waals surface area contributed by atoms with Gasteiger partial charge in [-0.3, -0.25) is 19.6 Å². The molecular formula is C32H55FN8O2. The quantitative estimate of drug-likeness (QED) is 0.276. The van der Waals surface area contributed by atoms with E-state index in [1.165, 1.54) is 0 Å². The summed E-state index contributed by atoms with van der Waals surface area (Å²) in [6.45, 7) is 12.4. The van der Waals surface area contributed by atoms with Crippen molar-refractivity contribution in [2.24, 2.45) is 45.0 Å². The van der Waals surface area contributed by atoms with Crippen molar-refractivity contribution in [1.29, 1.82) is 5.26 Å². The number of amides is 1. The average molecular weight is 603 g/mol. The molecule has 7 unspecified atom stereocenters. The highest BCUT2D eigenvalue weighted by Crippen LogP contribution is 2.54. The van der Waals surface area contributed by atoms with Gasteiger partial charge in [-0.1, -0.05) is 27.2 Å². The summed E-state index contributed by atoms with van der Waals surface area (Å²) in [5, 5.41) is 16.3. The van der Waals surface area contributed by atoms with E-state index in [0.29, 0.717) is 24.9 Å². The Labute approximate surface area is 257 Å². The number of halogens is 1. The molecule has 4 fully saturated rings. The molecule has 0 aromatic carbocycles. The molecule has 1 aliphatic carbocycles. The van der Waals surface area contributed by atoms with E-state index in [1.54, 1.807) is 0 Å². The zero-order chi connectivity index (χ0) is 30.8. The molecule has 0 aromatic rings. The lowest BCUT2D eigenvalue weighted by atomic mass is 9.69. The number of alkyl halides is 1. The van der Waals surface area contributed by atoms with Crippen LogP contribution < -0.4 is 22.1 Å². The number of nitrogens with one attached hydrogen (secondary N) is 2. The molecule has 43 heavy (non-hydrogen) atoms. The molecule has 0 radical (unpaired) electrons. The van der Waals surface area contributed by atoms with Crippen LogP contribution in [0.2, 0.25) is 0 Å². The lowest BCUT2D eigenvalue weighted by Gasteiger charge is -2.48. The predicted octanol–water partition coefficient (Wildman–Crippen LogP) is 1.64. The maximum atomic E-state index is 15.5. The van der Waals surface area contributed by atoms with Gasteiger partial charge in [-0.2, -0.15) is 5.26 Å². The summed E-state index contributed by atoms with van der Waals surface area (Å²) in [6.07, 6.45) is 6.45. The Morgan fingerprint density at radius 2 is 1.88 bits per heavy atom. The Morgan fingerprint density at radius 1 is 1.19 bits per heavy atom. The minimum Gasteiger partial charge on any atom is -0.378 e. The van der Waals surface area contributed by atoms with Gasteiger partial charge in [0.15, 0.2) is 0 Å². The molecule has 4 heterocycles. The largest absolute Gasteiger partial charge is 0.378 e. The van der Waals surface area contributed by atoms with Gasteiger partial charge >= 0.3 is 0 Å². The zero-order valence-corrected chi connectivity index (χ0v) is 26.5. The second-order valence-corrected chi connectivity index (χ2v) is 14.9. The number of nitrogens with zero attached hydrogens (tertiary/aromatic N) is 4. The van der Waals surface area contributed by atoms with Crippen molar-refractivity contribution in [1.82, 2.24) is 20.4 Å². The summed E-state index contributed by atoms with van der Waals surface area (Å²) in [7, 11) is 0. The first kappa shape index (κ1) is 32.7. The molecule has 6 N–H and O–H groups in total. The molecule has 4 aliphatic heterocycles. The van der Waals surface area contributed by atoms with E-state index in [9.17, 15) is 10.1 Å². The van der Waals surface area contributed by atoms with Gasteiger partial charge in [-0.15, -0.1) is 0 Å². The number of piperidine rings is 1. The minimum atomic E-state index is -1.09. The van der Waals surface area contributed by atoms with Crippen LogP contribution in [0.25, 0.3) is 0 Å². The number of rotatable bonds is 10. The van der Waals surface area contributed by atoms with Gasteiger partial charge < -0.3 is 26.8 Å². The third kappa shape index (κ3) is 7.59. The van der Waals surface area contributed by atoms with E-state index in [4.69, 9.17) is 21.2 Å². The van der Waals surface area contributed by atoms with Crippen LogP contribution in [-0.2, 0) is 9.53 Å².